The van der Waals surface area contributed by atoms with Gasteiger partial charge < -0.3 is 11.1 Å². The van der Waals surface area contributed by atoms with Gasteiger partial charge in [-0.2, -0.15) is 10.2 Å². The van der Waals surface area contributed by atoms with Gasteiger partial charge in [-0.25, -0.2) is 13.9 Å². The Morgan fingerprint density at radius 2 is 1.97 bits per heavy atom. The first-order valence-corrected chi connectivity index (χ1v) is 9.69. The Balaban J connectivity index is 1.40. The lowest BCUT2D eigenvalue weighted by Gasteiger charge is -2.05. The number of nitrogens with two attached hydrogens (primary N) is 1. The molecule has 0 aliphatic heterocycles. The van der Waals surface area contributed by atoms with E-state index in [1.165, 1.54) is 18.5 Å². The number of halogens is 1. The molecule has 0 spiro atoms. The maximum absolute atomic E-state index is 13.0. The van der Waals surface area contributed by atoms with Crippen LogP contribution in [-0.4, -0.2) is 37.2 Å². The van der Waals surface area contributed by atoms with E-state index in [9.17, 15) is 9.18 Å². The Bertz CT molecular complexity index is 1400. The van der Waals surface area contributed by atoms with Crippen LogP contribution in [-0.2, 0) is 6.42 Å². The summed E-state index contributed by atoms with van der Waals surface area (Å²) in [5.74, 6) is -0.166. The normalized spacial score (nSPS) is 11.3. The van der Waals surface area contributed by atoms with Gasteiger partial charge in [0.1, 0.15) is 17.7 Å². The molecule has 0 aliphatic carbocycles. The second-order valence-electron chi connectivity index (χ2n) is 7.13. The summed E-state index contributed by atoms with van der Waals surface area (Å²) in [6, 6.07) is 15.7. The van der Waals surface area contributed by atoms with Crippen molar-refractivity contribution in [1.29, 1.82) is 0 Å². The third kappa shape index (κ3) is 3.46. The van der Waals surface area contributed by atoms with Crippen LogP contribution in [0.5, 0.6) is 0 Å². The van der Waals surface area contributed by atoms with Crippen LogP contribution in [0, 0.1) is 5.82 Å². The van der Waals surface area contributed by atoms with Crippen LogP contribution in [0.4, 0.5) is 10.2 Å². The molecule has 0 unspecified atom stereocenters. The van der Waals surface area contributed by atoms with Gasteiger partial charge in [-0.1, -0.05) is 18.2 Å². The van der Waals surface area contributed by atoms with Crippen LogP contribution in [0.3, 0.4) is 0 Å². The average Bonchev–Trinajstić information content (AvgIpc) is 3.40. The summed E-state index contributed by atoms with van der Waals surface area (Å²) in [5.41, 5.74) is 10.3. The van der Waals surface area contributed by atoms with Crippen LogP contribution in [0.2, 0.25) is 0 Å². The lowest BCUT2D eigenvalue weighted by molar-refractivity contribution is 0.0950. The molecule has 1 amide bonds. The molecule has 3 heterocycles. The summed E-state index contributed by atoms with van der Waals surface area (Å²) in [5, 5.41) is 14.9. The minimum absolute atomic E-state index is 0.280. The molecule has 2 aromatic carbocycles. The second-order valence-corrected chi connectivity index (χ2v) is 7.13. The Hall–Kier alpha value is -4.27. The Morgan fingerprint density at radius 3 is 2.81 bits per heavy atom. The number of anilines is 1. The molecule has 31 heavy (non-hydrogen) atoms. The second kappa shape index (κ2) is 7.52. The zero-order valence-electron chi connectivity index (χ0n) is 16.3. The summed E-state index contributed by atoms with van der Waals surface area (Å²) < 4.78 is 14.7. The number of benzene rings is 2. The number of aromatic nitrogens is 5. The van der Waals surface area contributed by atoms with Crippen molar-refractivity contribution in [2.75, 3.05) is 12.3 Å². The first-order chi connectivity index (χ1) is 15.1. The van der Waals surface area contributed by atoms with Gasteiger partial charge in [0, 0.05) is 17.5 Å². The SMILES string of the molecule is Nc1ncnn2c(-c3ccc4[nH]nc(C(=O)NCCc5ccc(F)cc5)c4c3)ccc12. The molecule has 5 rings (SSSR count). The van der Waals surface area contributed by atoms with Crippen LogP contribution in [0.25, 0.3) is 27.7 Å². The molecular formula is C22H18FN7O. The monoisotopic (exact) mass is 415 g/mol. The Labute approximate surface area is 175 Å². The fraction of sp³-hybridized carbons (Fsp3) is 0.0909. The summed E-state index contributed by atoms with van der Waals surface area (Å²) in [6.07, 6.45) is 2.00. The van der Waals surface area contributed by atoms with Crippen molar-refractivity contribution in [2.24, 2.45) is 0 Å². The lowest BCUT2D eigenvalue weighted by Crippen LogP contribution is -2.26. The molecule has 0 saturated heterocycles. The van der Waals surface area contributed by atoms with E-state index < -0.39 is 0 Å². The molecule has 9 heteroatoms. The van der Waals surface area contributed by atoms with Crippen LogP contribution >= 0.6 is 0 Å². The maximum Gasteiger partial charge on any atom is 0.272 e. The number of aromatic amines is 1. The Kier molecular flexibility index (Phi) is 4.55. The van der Waals surface area contributed by atoms with Gasteiger partial charge in [0.05, 0.1) is 11.2 Å². The number of fused-ring (bicyclic) bond motifs is 2. The van der Waals surface area contributed by atoms with Gasteiger partial charge in [0.25, 0.3) is 5.91 Å². The molecule has 0 bridgehead atoms. The van der Waals surface area contributed by atoms with Crippen molar-refractivity contribution in [3.63, 3.8) is 0 Å². The van der Waals surface area contributed by atoms with E-state index in [4.69, 9.17) is 5.73 Å². The van der Waals surface area contributed by atoms with Crippen molar-refractivity contribution in [3.05, 3.63) is 78.0 Å². The van der Waals surface area contributed by atoms with Gasteiger partial charge in [-0.15, -0.1) is 0 Å². The van der Waals surface area contributed by atoms with Crippen molar-refractivity contribution < 1.29 is 9.18 Å². The highest BCUT2D eigenvalue weighted by atomic mass is 19.1. The van der Waals surface area contributed by atoms with E-state index in [2.05, 4.69) is 25.6 Å². The number of carbonyl (C=O) groups excluding carboxylic acids is 1. The quantitative estimate of drug-likeness (QED) is 0.408. The van der Waals surface area contributed by atoms with E-state index in [-0.39, 0.29) is 11.7 Å². The molecule has 4 N–H and O–H groups in total. The minimum atomic E-state index is -0.281. The van der Waals surface area contributed by atoms with Crippen molar-refractivity contribution >= 4 is 28.1 Å². The van der Waals surface area contributed by atoms with Crippen LogP contribution in [0.1, 0.15) is 16.1 Å². The van der Waals surface area contributed by atoms with Crippen molar-refractivity contribution in [1.82, 2.24) is 30.1 Å². The number of amides is 1. The third-order valence-corrected chi connectivity index (χ3v) is 5.17. The summed E-state index contributed by atoms with van der Waals surface area (Å²) in [7, 11) is 0. The fourth-order valence-electron chi connectivity index (χ4n) is 3.57. The molecule has 0 saturated carbocycles. The highest BCUT2D eigenvalue weighted by Crippen LogP contribution is 2.27. The number of H-pyrrole nitrogens is 1. The highest BCUT2D eigenvalue weighted by molar-refractivity contribution is 6.05. The molecule has 0 aliphatic rings. The number of rotatable bonds is 5. The molecular weight excluding hydrogens is 397 g/mol. The molecule has 8 nitrogen and oxygen atoms in total. The number of carbonyl (C=O) groups is 1. The molecule has 0 fully saturated rings. The van der Waals surface area contributed by atoms with Gasteiger partial charge in [-0.05, 0) is 48.4 Å². The Morgan fingerprint density at radius 1 is 1.13 bits per heavy atom. The summed E-state index contributed by atoms with van der Waals surface area (Å²) >= 11 is 0. The molecule has 0 atom stereocenters. The number of nitrogens with zero attached hydrogens (tertiary/aromatic N) is 4. The highest BCUT2D eigenvalue weighted by Gasteiger charge is 2.16. The van der Waals surface area contributed by atoms with E-state index >= 15 is 0 Å². The van der Waals surface area contributed by atoms with Crippen molar-refractivity contribution in [2.45, 2.75) is 6.42 Å². The van der Waals surface area contributed by atoms with Crippen molar-refractivity contribution in [3.8, 4) is 11.3 Å². The minimum Gasteiger partial charge on any atom is -0.382 e. The third-order valence-electron chi connectivity index (χ3n) is 5.17. The fourth-order valence-corrected chi connectivity index (χ4v) is 3.57. The summed E-state index contributed by atoms with van der Waals surface area (Å²) in [4.78, 5) is 16.7. The van der Waals surface area contributed by atoms with E-state index in [1.807, 2.05) is 30.3 Å². The standard InChI is InChI=1S/C22H18FN7O/c23-15-4-1-13(2-5-15)9-10-25-22(31)20-16-11-14(3-6-17(16)28-29-20)18-7-8-19-21(24)26-12-27-30(18)19/h1-8,11-12H,9-10H2,(H,25,31)(H,28,29)(H2,24,26,27). The van der Waals surface area contributed by atoms with Gasteiger partial charge in [0.15, 0.2) is 11.5 Å². The molecule has 0 radical (unpaired) electrons. The van der Waals surface area contributed by atoms with Crippen LogP contribution < -0.4 is 11.1 Å². The average molecular weight is 415 g/mol. The number of hydrogen-bond donors (Lipinski definition) is 3. The first kappa shape index (κ1) is 18.7. The lowest BCUT2D eigenvalue weighted by atomic mass is 10.1. The van der Waals surface area contributed by atoms with E-state index in [0.717, 1.165) is 22.3 Å². The van der Waals surface area contributed by atoms with Gasteiger partial charge in [0.2, 0.25) is 0 Å². The smallest absolute Gasteiger partial charge is 0.272 e. The number of nitrogen functional groups attached to an aromatic ring is 1. The van der Waals surface area contributed by atoms with Gasteiger partial charge in [-0.3, -0.25) is 9.89 Å². The predicted molar refractivity (Wildman–Crippen MR) is 115 cm³/mol. The van der Waals surface area contributed by atoms with E-state index in [0.29, 0.717) is 35.4 Å². The van der Waals surface area contributed by atoms with Gasteiger partial charge >= 0.3 is 0 Å². The number of nitrogens with one attached hydrogen (secondary N) is 2. The maximum atomic E-state index is 13.0. The molecule has 3 aromatic heterocycles. The largest absolute Gasteiger partial charge is 0.382 e. The van der Waals surface area contributed by atoms with Crippen LogP contribution in [0.15, 0.2) is 60.9 Å². The topological polar surface area (TPSA) is 114 Å². The summed E-state index contributed by atoms with van der Waals surface area (Å²) in [6.45, 7) is 0.415. The first-order valence-electron chi connectivity index (χ1n) is 9.69. The zero-order chi connectivity index (χ0) is 21.4. The zero-order valence-corrected chi connectivity index (χ0v) is 16.3. The molecule has 5 aromatic rings. The van der Waals surface area contributed by atoms with E-state index in [1.54, 1.807) is 16.6 Å². The number of hydrogen-bond acceptors (Lipinski definition) is 5. The predicted octanol–water partition coefficient (Wildman–Crippen LogP) is 2.97. The molecule has 154 valence electrons.